The molecule has 4 rings (SSSR count). The van der Waals surface area contributed by atoms with Gasteiger partial charge in [-0.25, -0.2) is 0 Å². The van der Waals surface area contributed by atoms with Crippen LogP contribution in [0, 0.1) is 13.8 Å². The van der Waals surface area contributed by atoms with E-state index in [0.717, 1.165) is 0 Å². The van der Waals surface area contributed by atoms with Gasteiger partial charge in [0.25, 0.3) is 0 Å². The summed E-state index contributed by atoms with van der Waals surface area (Å²) in [5.41, 5.74) is 3.07. The molecule has 6 heteroatoms. The zero-order valence-corrected chi connectivity index (χ0v) is 27.5. The second-order valence-electron chi connectivity index (χ2n) is 10.8. The molecule has 32 heavy (non-hydrogen) atoms. The minimum Gasteiger partial charge on any atom is -1.00 e. The van der Waals surface area contributed by atoms with Gasteiger partial charge in [0.15, 0.2) is 0 Å². The molecule has 0 atom stereocenters. The summed E-state index contributed by atoms with van der Waals surface area (Å²) < 4.78 is 0. The maximum atomic E-state index is 2.67. The molecule has 0 fully saturated rings. The number of hydrogen-bond acceptors (Lipinski definition) is 0. The van der Waals surface area contributed by atoms with Crippen molar-refractivity contribution in [2.45, 2.75) is 53.1 Å². The Hall–Kier alpha value is -0.226. The molecule has 4 aromatic rings. The molecule has 0 N–H and O–H groups in total. The smallest absolute Gasteiger partial charge is 1.00 e. The number of fused-ring (bicyclic) bond motifs is 2. The maximum Gasteiger partial charge on any atom is 4.00 e. The van der Waals surface area contributed by atoms with Gasteiger partial charge in [-0.15, -0.1) is 81.2 Å². The van der Waals surface area contributed by atoms with E-state index in [0.29, 0.717) is 0 Å². The minimum absolute atomic E-state index is 0. The average Bonchev–Trinajstić information content (AvgIpc) is 3.11. The first kappa shape index (κ1) is 29.8. The fourth-order valence-corrected chi connectivity index (χ4v) is 54.6. The van der Waals surface area contributed by atoms with Crippen molar-refractivity contribution in [3.05, 3.63) is 71.8 Å². The second-order valence-corrected chi connectivity index (χ2v) is 37.3. The number of halogens is 2. The molecule has 0 aliphatic heterocycles. The van der Waals surface area contributed by atoms with Gasteiger partial charge in [-0.1, -0.05) is 65.3 Å². The van der Waals surface area contributed by atoms with Crippen molar-refractivity contribution in [1.82, 2.24) is 0 Å². The van der Waals surface area contributed by atoms with Crippen LogP contribution in [-0.2, 0) is 26.2 Å². The summed E-state index contributed by atoms with van der Waals surface area (Å²) in [6.45, 7) is 20.8. The van der Waals surface area contributed by atoms with Gasteiger partial charge < -0.3 is 24.8 Å². The van der Waals surface area contributed by atoms with Gasteiger partial charge in [-0.2, -0.15) is 10.4 Å². The molecule has 0 unspecified atom stereocenters. The van der Waals surface area contributed by atoms with E-state index in [1.54, 1.807) is 10.4 Å². The van der Waals surface area contributed by atoms with Gasteiger partial charge in [0.05, 0.1) is 0 Å². The molecule has 0 radical (unpaired) electrons. The van der Waals surface area contributed by atoms with Crippen LogP contribution < -0.4 is 35.2 Å². The molecular weight excluding hydrogens is 559 g/mol. The van der Waals surface area contributed by atoms with Gasteiger partial charge in [0.1, 0.15) is 0 Å². The zero-order chi connectivity index (χ0) is 21.2. The molecule has 168 valence electrons. The summed E-state index contributed by atoms with van der Waals surface area (Å²) in [6.07, 6.45) is 0. The van der Waals surface area contributed by atoms with Gasteiger partial charge in [0, 0.05) is 22.3 Å². The Morgan fingerprint density at radius 3 is 1.19 bits per heavy atom. The molecule has 4 aromatic carbocycles. The maximum absolute atomic E-state index is 2.67. The number of benzene rings is 2. The Morgan fingerprint density at radius 1 is 0.562 bits per heavy atom. The predicted molar refractivity (Wildman–Crippen MR) is 140 cm³/mol. The summed E-state index contributed by atoms with van der Waals surface area (Å²) in [7, 11) is -5.14. The summed E-state index contributed by atoms with van der Waals surface area (Å²) in [4.78, 5) is 0. The fraction of sp³-hybridized carbons (Fsp3) is 0.308. The molecule has 0 saturated heterocycles. The third-order valence-corrected chi connectivity index (χ3v) is 44.3. The summed E-state index contributed by atoms with van der Waals surface area (Å²) in [5.74, 6) is 0. The Bertz CT molecular complexity index is 1110. The Morgan fingerprint density at radius 2 is 0.875 bits per heavy atom. The van der Waals surface area contributed by atoms with Crippen molar-refractivity contribution in [1.29, 1.82) is 0 Å². The van der Waals surface area contributed by atoms with Crippen molar-refractivity contribution >= 4 is 54.2 Å². The van der Waals surface area contributed by atoms with E-state index >= 15 is 0 Å². The van der Waals surface area contributed by atoms with Crippen LogP contribution in [0.25, 0.3) is 21.5 Å². The predicted octanol–water partition coefficient (Wildman–Crippen LogP) is 0.449. The first-order valence-corrected chi connectivity index (χ1v) is 21.8. The molecule has 0 heterocycles. The van der Waals surface area contributed by atoms with Gasteiger partial charge >= 0.3 is 26.2 Å². The Balaban J connectivity index is 0.00000171. The van der Waals surface area contributed by atoms with Crippen molar-refractivity contribution in [3.63, 3.8) is 0 Å². The van der Waals surface area contributed by atoms with E-state index in [2.05, 4.69) is 114 Å². The first-order chi connectivity index (χ1) is 13.5. The van der Waals surface area contributed by atoms with Crippen molar-refractivity contribution in [2.75, 3.05) is 0 Å². The monoisotopic (exact) mass is 590 g/mol. The molecule has 0 amide bonds. The van der Waals surface area contributed by atoms with Crippen molar-refractivity contribution in [3.8, 4) is 0 Å². The van der Waals surface area contributed by atoms with Crippen molar-refractivity contribution < 1.29 is 51.0 Å². The molecular formula is C26H34Cl2Si3Zr. The van der Waals surface area contributed by atoms with Crippen LogP contribution in [0.5, 0.6) is 0 Å². The molecule has 0 bridgehead atoms. The largest absolute Gasteiger partial charge is 4.00 e. The standard InChI is InChI=1S/C26H34Si3.2ClH.Zr/c1-19-17-21-13-9-11-15-23(21)25(19)29(27(3,4)5,28(6,7)8)26-20(2)18-22-14-10-12-16-24(22)26;;;/h9-18H,1-8H3;2*1H;/q-2;;;+4/p-2. The second kappa shape index (κ2) is 10.2. The Kier molecular flexibility index (Phi) is 9.48. The zero-order valence-electron chi connectivity index (χ0n) is 20.5. The summed E-state index contributed by atoms with van der Waals surface area (Å²) >= 11 is 0. The van der Waals surface area contributed by atoms with E-state index in [4.69, 9.17) is 0 Å². The molecule has 0 aromatic heterocycles. The normalized spacial score (nSPS) is 12.2. The molecule has 0 nitrogen and oxygen atoms in total. The van der Waals surface area contributed by atoms with Crippen LogP contribution in [-0.4, -0.2) is 22.3 Å². The van der Waals surface area contributed by atoms with E-state index in [1.807, 2.05) is 0 Å². The number of hydrogen-bond donors (Lipinski definition) is 0. The van der Waals surface area contributed by atoms with Gasteiger partial charge in [-0.3, -0.25) is 0 Å². The van der Waals surface area contributed by atoms with Crippen LogP contribution in [0.2, 0.25) is 39.3 Å². The van der Waals surface area contributed by atoms with Crippen LogP contribution in [0.4, 0.5) is 0 Å². The molecule has 0 aliphatic carbocycles. The molecule has 0 aliphatic rings. The minimum atomic E-state index is -1.99. The fourth-order valence-electron chi connectivity index (χ4n) is 6.48. The van der Waals surface area contributed by atoms with Crippen LogP contribution >= 0.6 is 0 Å². The molecule has 0 saturated carbocycles. The van der Waals surface area contributed by atoms with E-state index < -0.39 is 22.3 Å². The quantitative estimate of drug-likeness (QED) is 0.239. The molecule has 0 spiro atoms. The van der Waals surface area contributed by atoms with Gasteiger partial charge in [0.2, 0.25) is 0 Å². The van der Waals surface area contributed by atoms with Crippen LogP contribution in [0.1, 0.15) is 11.1 Å². The van der Waals surface area contributed by atoms with E-state index in [-0.39, 0.29) is 51.0 Å². The van der Waals surface area contributed by atoms with Crippen molar-refractivity contribution in [2.24, 2.45) is 0 Å². The third kappa shape index (κ3) is 4.29. The SMILES string of the molecule is Cc1[cH-]c2ccccc2c1[Si](c1c(C)[cH-]c2ccccc12)([Si](C)(C)C)[Si](C)(C)C.[Cl-].[Cl-].[Zr+4]. The summed E-state index contributed by atoms with van der Waals surface area (Å²) in [5, 5.41) is 9.47. The Labute approximate surface area is 228 Å². The van der Waals surface area contributed by atoms with E-state index in [9.17, 15) is 0 Å². The third-order valence-electron chi connectivity index (χ3n) is 6.99. The van der Waals surface area contributed by atoms with Crippen LogP contribution in [0.15, 0.2) is 60.7 Å². The van der Waals surface area contributed by atoms with Gasteiger partial charge in [-0.05, 0) is 0 Å². The average molecular weight is 593 g/mol. The topological polar surface area (TPSA) is 0 Å². The van der Waals surface area contributed by atoms with E-state index in [1.165, 1.54) is 32.7 Å². The number of aryl methyl sites for hydroxylation is 2. The number of rotatable bonds is 4. The summed E-state index contributed by atoms with van der Waals surface area (Å²) in [6, 6.07) is 23.2. The van der Waals surface area contributed by atoms with Crippen LogP contribution in [0.3, 0.4) is 0 Å². The first-order valence-electron chi connectivity index (χ1n) is 10.8.